The normalized spacial score (nSPS) is 14.2. The van der Waals surface area contributed by atoms with Crippen LogP contribution in [-0.2, 0) is 16.6 Å². The summed E-state index contributed by atoms with van der Waals surface area (Å²) in [6.45, 7) is 4.81. The van der Waals surface area contributed by atoms with Crippen LogP contribution in [-0.4, -0.2) is 86.8 Å². The van der Waals surface area contributed by atoms with E-state index in [1.807, 2.05) is 85.7 Å². The van der Waals surface area contributed by atoms with E-state index in [1.165, 1.54) is 17.5 Å². The van der Waals surface area contributed by atoms with Crippen molar-refractivity contribution in [2.75, 3.05) is 67.5 Å². The highest BCUT2D eigenvalue weighted by molar-refractivity contribution is 7.99. The molecule has 1 aliphatic heterocycles. The predicted molar refractivity (Wildman–Crippen MR) is 229 cm³/mol. The smallest absolute Gasteiger partial charge is 0.263 e. The maximum absolute atomic E-state index is 15.6. The largest absolute Gasteiger partial charge is 0.377 e. The molecule has 0 aliphatic carbocycles. The van der Waals surface area contributed by atoms with Gasteiger partial charge in [0.05, 0.1) is 10.4 Å². The molecule has 0 saturated carbocycles. The number of nitrogens with one attached hydrogen (secondary N) is 2. The first kappa shape index (κ1) is 40.4. The molecule has 57 heavy (non-hydrogen) atoms. The molecule has 7 rings (SSSR count). The van der Waals surface area contributed by atoms with Gasteiger partial charge in [0.1, 0.15) is 12.0 Å². The fourth-order valence-electron chi connectivity index (χ4n) is 6.86. The van der Waals surface area contributed by atoms with Crippen LogP contribution in [0.15, 0.2) is 125 Å². The molecule has 1 saturated heterocycles. The van der Waals surface area contributed by atoms with Gasteiger partial charge >= 0.3 is 0 Å². The summed E-state index contributed by atoms with van der Waals surface area (Å²) in [6, 6.07) is 33.1. The highest BCUT2D eigenvalue weighted by atomic mass is 35.5. The fourth-order valence-corrected chi connectivity index (χ4v) is 9.03. The number of piperazine rings is 1. The van der Waals surface area contributed by atoms with Crippen LogP contribution in [0.25, 0.3) is 22.0 Å². The summed E-state index contributed by atoms with van der Waals surface area (Å²) in [5.74, 6) is -1.44. The summed E-state index contributed by atoms with van der Waals surface area (Å²) in [7, 11) is -0.561. The van der Waals surface area contributed by atoms with Gasteiger partial charge in [-0.1, -0.05) is 66.2 Å². The lowest BCUT2D eigenvalue weighted by Gasteiger charge is -2.36. The summed E-state index contributed by atoms with van der Waals surface area (Å²) in [5.41, 5.74) is 4.70. The van der Waals surface area contributed by atoms with E-state index in [1.54, 1.807) is 17.8 Å². The topological polar surface area (TPSA) is 93.7 Å². The van der Waals surface area contributed by atoms with Gasteiger partial charge in [0, 0.05) is 65.5 Å². The van der Waals surface area contributed by atoms with E-state index in [4.69, 9.17) is 11.6 Å². The Bertz CT molecular complexity index is 2390. The van der Waals surface area contributed by atoms with E-state index in [-0.39, 0.29) is 17.5 Å². The molecule has 1 aliphatic rings. The maximum atomic E-state index is 15.6. The van der Waals surface area contributed by atoms with Gasteiger partial charge < -0.3 is 15.1 Å². The standard InChI is InChI=1S/C43H44ClF2N7O2S2/c1-51(2)19-18-33(28-56-35-9-4-3-5-10-35)49-42-39(45)25-36(26-40(42)46)57(54,55)50-43-38-17-16-34(24-41(38)47-29-48-43)53-22-20-52(21-23-53)27-31-8-6-7-11-37(31)30-12-14-32(44)15-13-30/h3-17,24-26,29,33,49H,18-23,27-28H2,1-2H3,(H,47,48,50)/t33-/m1/s1. The summed E-state index contributed by atoms with van der Waals surface area (Å²) in [5, 5.41) is 4.18. The van der Waals surface area contributed by atoms with Crippen molar-refractivity contribution in [3.8, 4) is 11.1 Å². The minimum atomic E-state index is -4.43. The number of sulfonamides is 1. The van der Waals surface area contributed by atoms with Crippen LogP contribution in [0.1, 0.15) is 12.0 Å². The van der Waals surface area contributed by atoms with E-state index < -0.39 is 26.6 Å². The van der Waals surface area contributed by atoms with Gasteiger partial charge in [-0.2, -0.15) is 0 Å². The van der Waals surface area contributed by atoms with Gasteiger partial charge in [-0.15, -0.1) is 11.8 Å². The van der Waals surface area contributed by atoms with Crippen molar-refractivity contribution in [3.05, 3.63) is 138 Å². The molecule has 0 radical (unpaired) electrons. The van der Waals surface area contributed by atoms with Gasteiger partial charge in [-0.25, -0.2) is 27.2 Å². The van der Waals surface area contributed by atoms with E-state index in [0.29, 0.717) is 34.6 Å². The van der Waals surface area contributed by atoms with Crippen LogP contribution in [0.2, 0.25) is 5.02 Å². The van der Waals surface area contributed by atoms with Gasteiger partial charge in [0.25, 0.3) is 10.0 Å². The third kappa shape index (κ3) is 10.2. The molecule has 0 unspecified atom stereocenters. The molecule has 296 valence electrons. The number of hydrogen-bond donors (Lipinski definition) is 2. The molecule has 0 bridgehead atoms. The summed E-state index contributed by atoms with van der Waals surface area (Å²) in [4.78, 5) is 15.8. The van der Waals surface area contributed by atoms with E-state index >= 15 is 8.78 Å². The van der Waals surface area contributed by atoms with Crippen LogP contribution >= 0.6 is 23.4 Å². The second-order valence-electron chi connectivity index (χ2n) is 14.3. The van der Waals surface area contributed by atoms with Gasteiger partial charge in [-0.3, -0.25) is 9.62 Å². The zero-order valence-corrected chi connectivity index (χ0v) is 34.1. The van der Waals surface area contributed by atoms with E-state index in [0.717, 1.165) is 61.0 Å². The molecule has 1 fully saturated rings. The lowest BCUT2D eigenvalue weighted by atomic mass is 9.99. The summed E-state index contributed by atoms with van der Waals surface area (Å²) < 4.78 is 60.7. The first-order valence-electron chi connectivity index (χ1n) is 18.7. The van der Waals surface area contributed by atoms with Crippen LogP contribution < -0.4 is 14.9 Å². The number of thioether (sulfide) groups is 1. The maximum Gasteiger partial charge on any atom is 0.263 e. The van der Waals surface area contributed by atoms with Crippen molar-refractivity contribution < 1.29 is 17.2 Å². The molecule has 5 aromatic carbocycles. The Morgan fingerprint density at radius 1 is 0.860 bits per heavy atom. The van der Waals surface area contributed by atoms with Gasteiger partial charge in [-0.05, 0) is 98.3 Å². The van der Waals surface area contributed by atoms with E-state index in [9.17, 15) is 8.42 Å². The number of hydrogen-bond acceptors (Lipinski definition) is 9. The van der Waals surface area contributed by atoms with Crippen LogP contribution in [0, 0.1) is 11.6 Å². The molecule has 0 spiro atoms. The molecule has 14 heteroatoms. The second kappa shape index (κ2) is 18.2. The fraction of sp³-hybridized carbons (Fsp3) is 0.256. The number of rotatable bonds is 15. The number of anilines is 3. The number of benzene rings is 5. The molecule has 1 aromatic heterocycles. The highest BCUT2D eigenvalue weighted by Gasteiger charge is 2.24. The molecule has 6 aromatic rings. The number of fused-ring (bicyclic) bond motifs is 1. The van der Waals surface area contributed by atoms with Gasteiger partial charge in [0.2, 0.25) is 0 Å². The Labute approximate surface area is 342 Å². The van der Waals surface area contributed by atoms with Crippen molar-refractivity contribution in [1.29, 1.82) is 0 Å². The average molecular weight is 828 g/mol. The van der Waals surface area contributed by atoms with Crippen molar-refractivity contribution >= 4 is 61.5 Å². The third-order valence-electron chi connectivity index (χ3n) is 9.95. The monoisotopic (exact) mass is 827 g/mol. The second-order valence-corrected chi connectivity index (χ2v) is 17.5. The molecule has 9 nitrogen and oxygen atoms in total. The highest BCUT2D eigenvalue weighted by Crippen LogP contribution is 2.31. The molecular formula is C43H44ClF2N7O2S2. The van der Waals surface area contributed by atoms with Crippen LogP contribution in [0.3, 0.4) is 0 Å². The molecular weight excluding hydrogens is 784 g/mol. The van der Waals surface area contributed by atoms with Crippen molar-refractivity contribution in [2.45, 2.75) is 28.8 Å². The Kier molecular flexibility index (Phi) is 12.9. The minimum Gasteiger partial charge on any atom is -0.377 e. The Morgan fingerprint density at radius 2 is 1.56 bits per heavy atom. The minimum absolute atomic E-state index is 0.0143. The number of nitrogens with zero attached hydrogens (tertiary/aromatic N) is 5. The Hall–Kier alpha value is -4.79. The quantitative estimate of drug-likeness (QED) is 0.0986. The van der Waals surface area contributed by atoms with Crippen molar-refractivity contribution in [3.63, 3.8) is 0 Å². The molecule has 2 N–H and O–H groups in total. The van der Waals surface area contributed by atoms with Crippen molar-refractivity contribution in [2.24, 2.45) is 0 Å². The summed E-state index contributed by atoms with van der Waals surface area (Å²) >= 11 is 7.71. The first-order valence-corrected chi connectivity index (χ1v) is 21.5. The zero-order chi connectivity index (χ0) is 39.9. The van der Waals surface area contributed by atoms with Crippen molar-refractivity contribution in [1.82, 2.24) is 19.8 Å². The van der Waals surface area contributed by atoms with Crippen LogP contribution in [0.4, 0.5) is 26.0 Å². The molecule has 2 heterocycles. The SMILES string of the molecule is CN(C)CC[C@H](CSc1ccccc1)Nc1c(F)cc(S(=O)(=O)Nc2ncnc3cc(N4CCN(Cc5ccccc5-c5ccc(Cl)cc5)CC4)ccc23)cc1F. The summed E-state index contributed by atoms with van der Waals surface area (Å²) in [6.07, 6.45) is 1.89. The molecule has 1 atom stereocenters. The first-order chi connectivity index (χ1) is 27.5. The predicted octanol–water partition coefficient (Wildman–Crippen LogP) is 8.88. The molecule has 0 amide bonds. The lowest BCUT2D eigenvalue weighted by Crippen LogP contribution is -2.46. The van der Waals surface area contributed by atoms with Crippen LogP contribution in [0.5, 0.6) is 0 Å². The Morgan fingerprint density at radius 3 is 2.28 bits per heavy atom. The number of aromatic nitrogens is 2. The third-order valence-corrected chi connectivity index (χ3v) is 12.7. The Balaban J connectivity index is 1.01. The van der Waals surface area contributed by atoms with Gasteiger partial charge in [0.15, 0.2) is 17.5 Å². The average Bonchev–Trinajstić information content (AvgIpc) is 3.21. The lowest BCUT2D eigenvalue weighted by molar-refractivity contribution is 0.250. The zero-order valence-electron chi connectivity index (χ0n) is 31.7. The van der Waals surface area contributed by atoms with E-state index in [2.05, 4.69) is 54.1 Å². The number of halogens is 3.